The number of unbranched alkanes of at least 4 members (excludes halogenated alkanes) is 8. The molecule has 8 heteroatoms. The highest BCUT2D eigenvalue weighted by atomic mass is 16.6. The van der Waals surface area contributed by atoms with Crippen LogP contribution in [0.2, 0.25) is 0 Å². The van der Waals surface area contributed by atoms with Crippen molar-refractivity contribution in [1.29, 1.82) is 0 Å². The predicted molar refractivity (Wildman–Crippen MR) is 141 cm³/mol. The van der Waals surface area contributed by atoms with Crippen LogP contribution in [0.25, 0.3) is 0 Å². The van der Waals surface area contributed by atoms with Crippen molar-refractivity contribution < 1.29 is 33.7 Å². The van der Waals surface area contributed by atoms with Gasteiger partial charge in [0.1, 0.15) is 25.9 Å². The summed E-state index contributed by atoms with van der Waals surface area (Å²) in [5.41, 5.74) is 0.895. The molecular formula is C29H45NO7. The number of aliphatic hydroxyl groups excluding tert-OH is 1. The number of piperidine rings is 1. The summed E-state index contributed by atoms with van der Waals surface area (Å²) in [4.78, 5) is 38.3. The number of benzene rings is 1. The van der Waals surface area contributed by atoms with Crippen molar-refractivity contribution in [1.82, 2.24) is 4.90 Å². The van der Waals surface area contributed by atoms with Crippen LogP contribution >= 0.6 is 0 Å². The van der Waals surface area contributed by atoms with E-state index in [-0.39, 0.29) is 32.3 Å². The molecule has 2 rings (SSSR count). The number of hydrogen-bond acceptors (Lipinski definition) is 7. The summed E-state index contributed by atoms with van der Waals surface area (Å²) in [6.45, 7) is 2.68. The van der Waals surface area contributed by atoms with E-state index in [0.29, 0.717) is 25.8 Å². The first-order valence-corrected chi connectivity index (χ1v) is 14.0. The van der Waals surface area contributed by atoms with Gasteiger partial charge in [-0.2, -0.15) is 0 Å². The first-order chi connectivity index (χ1) is 18.0. The third kappa shape index (κ3) is 13.5. The van der Waals surface area contributed by atoms with E-state index in [1.807, 2.05) is 30.3 Å². The van der Waals surface area contributed by atoms with Crippen LogP contribution < -0.4 is 0 Å². The van der Waals surface area contributed by atoms with Gasteiger partial charge in [-0.3, -0.25) is 9.59 Å². The molecule has 1 aromatic rings. The van der Waals surface area contributed by atoms with Crippen LogP contribution in [-0.2, 0) is 30.4 Å². The van der Waals surface area contributed by atoms with E-state index in [9.17, 15) is 19.5 Å². The highest BCUT2D eigenvalue weighted by Crippen LogP contribution is 2.19. The number of nitrogens with zero attached hydrogens (tertiary/aromatic N) is 1. The van der Waals surface area contributed by atoms with Crippen LogP contribution in [0.15, 0.2) is 30.3 Å². The van der Waals surface area contributed by atoms with E-state index in [0.717, 1.165) is 24.8 Å². The van der Waals surface area contributed by atoms with Gasteiger partial charge in [0.25, 0.3) is 0 Å². The Morgan fingerprint density at radius 1 is 0.919 bits per heavy atom. The van der Waals surface area contributed by atoms with Crippen LogP contribution in [0.3, 0.4) is 0 Å². The zero-order chi connectivity index (χ0) is 26.7. The predicted octanol–water partition coefficient (Wildman–Crippen LogP) is 5.40. The number of esters is 2. The fourth-order valence-corrected chi connectivity index (χ4v) is 4.33. The second kappa shape index (κ2) is 18.6. The van der Waals surface area contributed by atoms with E-state index >= 15 is 0 Å². The molecule has 2 atom stereocenters. The van der Waals surface area contributed by atoms with E-state index in [1.165, 1.54) is 43.4 Å². The third-order valence-corrected chi connectivity index (χ3v) is 6.56. The molecule has 1 aromatic carbocycles. The maximum atomic E-state index is 12.5. The Balaban J connectivity index is 1.53. The minimum Gasteiger partial charge on any atom is -0.463 e. The Kier molecular flexibility index (Phi) is 15.4. The zero-order valence-corrected chi connectivity index (χ0v) is 22.4. The van der Waals surface area contributed by atoms with Gasteiger partial charge in [0, 0.05) is 19.5 Å². The normalized spacial score (nSPS) is 16.2. The van der Waals surface area contributed by atoms with Crippen LogP contribution in [-0.4, -0.2) is 60.4 Å². The second-order valence-electron chi connectivity index (χ2n) is 9.87. The SMILES string of the molecule is CCCCCCCCCCCC(=O)OCC(O)COC(=O)C1CCCN(C(=O)OCc2ccccc2)C1. The fourth-order valence-electron chi connectivity index (χ4n) is 4.33. The quantitative estimate of drug-likeness (QED) is 0.167. The van der Waals surface area contributed by atoms with Gasteiger partial charge in [-0.25, -0.2) is 4.79 Å². The number of aliphatic hydroxyl groups is 1. The molecule has 1 saturated heterocycles. The number of carbonyl (C=O) groups excluding carboxylic acids is 3. The first kappa shape index (κ1) is 30.6. The van der Waals surface area contributed by atoms with Crippen molar-refractivity contribution in [2.24, 2.45) is 5.92 Å². The minimum atomic E-state index is -1.08. The summed E-state index contributed by atoms with van der Waals surface area (Å²) in [6.07, 6.45) is 10.6. The molecule has 208 valence electrons. The molecule has 0 spiro atoms. The third-order valence-electron chi connectivity index (χ3n) is 6.56. The van der Waals surface area contributed by atoms with E-state index in [4.69, 9.17) is 14.2 Å². The van der Waals surface area contributed by atoms with E-state index in [1.54, 1.807) is 0 Å². The van der Waals surface area contributed by atoms with Crippen molar-refractivity contribution in [3.05, 3.63) is 35.9 Å². The van der Waals surface area contributed by atoms with Crippen LogP contribution in [0.5, 0.6) is 0 Å². The van der Waals surface area contributed by atoms with Gasteiger partial charge >= 0.3 is 18.0 Å². The molecule has 0 saturated carbocycles. The van der Waals surface area contributed by atoms with E-state index < -0.39 is 24.1 Å². The Bertz CT molecular complexity index is 786. The van der Waals surface area contributed by atoms with Crippen molar-refractivity contribution in [3.63, 3.8) is 0 Å². The van der Waals surface area contributed by atoms with Gasteiger partial charge in [0.15, 0.2) is 0 Å². The molecule has 0 aliphatic carbocycles. The zero-order valence-electron chi connectivity index (χ0n) is 22.4. The molecule has 1 aliphatic heterocycles. The number of ether oxygens (including phenoxy) is 3. The summed E-state index contributed by atoms with van der Waals surface area (Å²) in [6, 6.07) is 9.41. The van der Waals surface area contributed by atoms with Gasteiger partial charge in [-0.15, -0.1) is 0 Å². The topological polar surface area (TPSA) is 102 Å². The number of hydrogen-bond donors (Lipinski definition) is 1. The van der Waals surface area contributed by atoms with Crippen LogP contribution in [0.1, 0.15) is 89.5 Å². The molecule has 1 fully saturated rings. The fraction of sp³-hybridized carbons (Fsp3) is 0.690. The minimum absolute atomic E-state index is 0.176. The van der Waals surface area contributed by atoms with Crippen molar-refractivity contribution in [2.45, 2.75) is 96.7 Å². The van der Waals surface area contributed by atoms with Gasteiger partial charge in [-0.05, 0) is 24.8 Å². The van der Waals surface area contributed by atoms with Gasteiger partial charge in [-0.1, -0.05) is 88.6 Å². The molecule has 8 nitrogen and oxygen atoms in total. The van der Waals surface area contributed by atoms with Gasteiger partial charge in [0.2, 0.25) is 0 Å². The van der Waals surface area contributed by atoms with Gasteiger partial charge < -0.3 is 24.2 Å². The molecular weight excluding hydrogens is 474 g/mol. The average molecular weight is 520 g/mol. The number of rotatable bonds is 17. The molecule has 1 heterocycles. The summed E-state index contributed by atoms with van der Waals surface area (Å²) >= 11 is 0. The Hall–Kier alpha value is -2.61. The second-order valence-corrected chi connectivity index (χ2v) is 9.87. The molecule has 0 radical (unpaired) electrons. The lowest BCUT2D eigenvalue weighted by molar-refractivity contribution is -0.156. The average Bonchev–Trinajstić information content (AvgIpc) is 2.93. The smallest absolute Gasteiger partial charge is 0.410 e. The van der Waals surface area contributed by atoms with Crippen LogP contribution in [0, 0.1) is 5.92 Å². The Morgan fingerprint density at radius 2 is 1.57 bits per heavy atom. The van der Waals surface area contributed by atoms with E-state index in [2.05, 4.69) is 6.92 Å². The lowest BCUT2D eigenvalue weighted by atomic mass is 9.98. The lowest BCUT2D eigenvalue weighted by Crippen LogP contribution is -2.43. The number of carbonyl (C=O) groups is 3. The summed E-state index contributed by atoms with van der Waals surface area (Å²) < 4.78 is 15.7. The lowest BCUT2D eigenvalue weighted by Gasteiger charge is -2.31. The molecule has 0 bridgehead atoms. The molecule has 37 heavy (non-hydrogen) atoms. The Labute approximate surface area is 221 Å². The maximum absolute atomic E-state index is 12.5. The summed E-state index contributed by atoms with van der Waals surface area (Å²) in [7, 11) is 0. The molecule has 1 aliphatic rings. The first-order valence-electron chi connectivity index (χ1n) is 14.0. The summed E-state index contributed by atoms with van der Waals surface area (Å²) in [5, 5.41) is 10.1. The monoisotopic (exact) mass is 519 g/mol. The molecule has 1 N–H and O–H groups in total. The maximum Gasteiger partial charge on any atom is 0.410 e. The highest BCUT2D eigenvalue weighted by Gasteiger charge is 2.30. The van der Waals surface area contributed by atoms with Crippen molar-refractivity contribution in [2.75, 3.05) is 26.3 Å². The molecule has 1 amide bonds. The number of likely N-dealkylation sites (tertiary alicyclic amines) is 1. The van der Waals surface area contributed by atoms with Crippen molar-refractivity contribution >= 4 is 18.0 Å². The van der Waals surface area contributed by atoms with Gasteiger partial charge in [0.05, 0.1) is 5.92 Å². The largest absolute Gasteiger partial charge is 0.463 e. The summed E-state index contributed by atoms with van der Waals surface area (Å²) in [5.74, 6) is -1.29. The number of amides is 1. The van der Waals surface area contributed by atoms with Crippen molar-refractivity contribution in [3.8, 4) is 0 Å². The molecule has 0 aromatic heterocycles. The highest BCUT2D eigenvalue weighted by molar-refractivity contribution is 5.75. The van der Waals surface area contributed by atoms with Crippen LogP contribution in [0.4, 0.5) is 4.79 Å². The standard InChI is InChI=1S/C29H45NO7/c1-2-3-4-5-6-7-8-9-13-18-27(32)35-22-26(31)23-36-28(33)25-17-14-19-30(20-25)29(34)37-21-24-15-11-10-12-16-24/h10-12,15-16,25-26,31H,2-9,13-14,17-23H2,1H3. The Morgan fingerprint density at radius 3 is 2.27 bits per heavy atom. The molecule has 2 unspecified atom stereocenters.